The Kier molecular flexibility index (Phi) is 4.97. The lowest BCUT2D eigenvalue weighted by Crippen LogP contribution is -2.50. The SMILES string of the molecule is Cc1cc(N(C)C2CCN(C(=O)C3CCc4ccccc4O3)CC2)ncn1. The summed E-state index contributed by atoms with van der Waals surface area (Å²) in [5, 5.41) is 0. The van der Waals surface area contributed by atoms with Crippen molar-refractivity contribution in [2.24, 2.45) is 0 Å². The van der Waals surface area contributed by atoms with Crippen molar-refractivity contribution >= 4 is 11.7 Å². The number of likely N-dealkylation sites (tertiary alicyclic amines) is 1. The molecule has 0 N–H and O–H groups in total. The quantitative estimate of drug-likeness (QED) is 0.836. The Bertz CT molecular complexity index is 817. The number of nitrogens with zero attached hydrogens (tertiary/aromatic N) is 4. The maximum Gasteiger partial charge on any atom is 0.263 e. The van der Waals surface area contributed by atoms with E-state index in [9.17, 15) is 4.79 Å². The average molecular weight is 366 g/mol. The molecule has 0 radical (unpaired) electrons. The Labute approximate surface area is 160 Å². The molecule has 1 aromatic carbocycles. The number of aryl methyl sites for hydroxylation is 2. The van der Waals surface area contributed by atoms with Gasteiger partial charge in [0.05, 0.1) is 0 Å². The average Bonchev–Trinajstić information content (AvgIpc) is 2.72. The van der Waals surface area contributed by atoms with Crippen molar-refractivity contribution in [1.82, 2.24) is 14.9 Å². The Morgan fingerprint density at radius 3 is 2.74 bits per heavy atom. The number of amides is 1. The van der Waals surface area contributed by atoms with Crippen LogP contribution in [0.5, 0.6) is 5.75 Å². The third-order valence-corrected chi connectivity index (χ3v) is 5.67. The number of hydrogen-bond donors (Lipinski definition) is 0. The summed E-state index contributed by atoms with van der Waals surface area (Å²) < 4.78 is 5.99. The van der Waals surface area contributed by atoms with Gasteiger partial charge < -0.3 is 14.5 Å². The number of carbonyl (C=O) groups excluding carboxylic acids is 1. The fourth-order valence-corrected chi connectivity index (χ4v) is 4.00. The number of hydrogen-bond acceptors (Lipinski definition) is 5. The van der Waals surface area contributed by atoms with Crippen molar-refractivity contribution in [1.29, 1.82) is 0 Å². The molecule has 142 valence electrons. The van der Waals surface area contributed by atoms with Gasteiger partial charge in [0, 0.05) is 37.9 Å². The molecule has 27 heavy (non-hydrogen) atoms. The van der Waals surface area contributed by atoms with Gasteiger partial charge in [0.15, 0.2) is 6.10 Å². The second-order valence-corrected chi connectivity index (χ2v) is 7.44. The Morgan fingerprint density at radius 2 is 1.96 bits per heavy atom. The standard InChI is InChI=1S/C21H26N4O2/c1-15-13-20(23-14-22-15)24(2)17-9-11-25(12-10-17)21(26)19-8-7-16-5-3-4-6-18(16)27-19/h3-6,13-14,17,19H,7-12H2,1-2H3. The smallest absolute Gasteiger partial charge is 0.263 e. The van der Waals surface area contributed by atoms with Crippen LogP contribution in [-0.4, -0.2) is 53.1 Å². The van der Waals surface area contributed by atoms with Crippen LogP contribution < -0.4 is 9.64 Å². The number of ether oxygens (including phenoxy) is 1. The molecule has 0 bridgehead atoms. The van der Waals surface area contributed by atoms with Gasteiger partial charge in [-0.1, -0.05) is 18.2 Å². The van der Waals surface area contributed by atoms with Crippen LogP contribution in [0.25, 0.3) is 0 Å². The Balaban J connectivity index is 1.34. The molecule has 2 aromatic rings. The van der Waals surface area contributed by atoms with Crippen molar-refractivity contribution in [2.45, 2.75) is 44.8 Å². The highest BCUT2D eigenvalue weighted by Crippen LogP contribution is 2.29. The van der Waals surface area contributed by atoms with E-state index in [-0.39, 0.29) is 12.0 Å². The zero-order chi connectivity index (χ0) is 18.8. The summed E-state index contributed by atoms with van der Waals surface area (Å²) in [6.07, 6.45) is 4.80. The lowest BCUT2D eigenvalue weighted by molar-refractivity contribution is -0.140. The van der Waals surface area contributed by atoms with E-state index in [2.05, 4.69) is 28.0 Å². The highest BCUT2D eigenvalue weighted by Gasteiger charge is 2.33. The number of para-hydroxylation sites is 1. The lowest BCUT2D eigenvalue weighted by atomic mass is 9.99. The van der Waals surface area contributed by atoms with Crippen LogP contribution >= 0.6 is 0 Å². The van der Waals surface area contributed by atoms with Gasteiger partial charge in [0.2, 0.25) is 0 Å². The van der Waals surface area contributed by atoms with E-state index < -0.39 is 0 Å². The van der Waals surface area contributed by atoms with E-state index >= 15 is 0 Å². The molecular formula is C21H26N4O2. The van der Waals surface area contributed by atoms with Gasteiger partial charge in [0.1, 0.15) is 17.9 Å². The van der Waals surface area contributed by atoms with E-state index in [1.165, 1.54) is 5.56 Å². The molecule has 6 nitrogen and oxygen atoms in total. The minimum Gasteiger partial charge on any atom is -0.480 e. The minimum atomic E-state index is -0.348. The topological polar surface area (TPSA) is 58.6 Å². The van der Waals surface area contributed by atoms with Crippen molar-refractivity contribution < 1.29 is 9.53 Å². The summed E-state index contributed by atoms with van der Waals surface area (Å²) in [4.78, 5) is 25.6. The molecule has 1 saturated heterocycles. The van der Waals surface area contributed by atoms with Gasteiger partial charge in [-0.05, 0) is 44.2 Å². The molecule has 1 atom stereocenters. The molecule has 2 aliphatic heterocycles. The first kappa shape index (κ1) is 17.8. The first-order chi connectivity index (χ1) is 13.1. The third kappa shape index (κ3) is 3.75. The zero-order valence-electron chi connectivity index (χ0n) is 16.0. The van der Waals surface area contributed by atoms with Crippen LogP contribution in [0.4, 0.5) is 5.82 Å². The van der Waals surface area contributed by atoms with Crippen LogP contribution in [0.1, 0.15) is 30.5 Å². The first-order valence-electron chi connectivity index (χ1n) is 9.66. The fraction of sp³-hybridized carbons (Fsp3) is 0.476. The van der Waals surface area contributed by atoms with Crippen molar-refractivity contribution in [3.8, 4) is 5.75 Å². The molecule has 0 aliphatic carbocycles. The highest BCUT2D eigenvalue weighted by molar-refractivity contribution is 5.81. The fourth-order valence-electron chi connectivity index (χ4n) is 4.00. The van der Waals surface area contributed by atoms with Gasteiger partial charge in [0.25, 0.3) is 5.91 Å². The number of carbonyl (C=O) groups is 1. The Hall–Kier alpha value is -2.63. The molecule has 1 aromatic heterocycles. The minimum absolute atomic E-state index is 0.128. The maximum absolute atomic E-state index is 12.9. The summed E-state index contributed by atoms with van der Waals surface area (Å²) in [5.41, 5.74) is 2.16. The predicted octanol–water partition coefficient (Wildman–Crippen LogP) is 2.61. The maximum atomic E-state index is 12.9. The molecule has 0 saturated carbocycles. The number of benzene rings is 1. The van der Waals surface area contributed by atoms with Crippen LogP contribution in [0.15, 0.2) is 36.7 Å². The molecule has 1 amide bonds. The van der Waals surface area contributed by atoms with Crippen LogP contribution in [0, 0.1) is 6.92 Å². The molecule has 2 aliphatic rings. The van der Waals surface area contributed by atoms with Gasteiger partial charge in [-0.3, -0.25) is 4.79 Å². The van der Waals surface area contributed by atoms with E-state index in [4.69, 9.17) is 4.74 Å². The molecule has 3 heterocycles. The summed E-state index contributed by atoms with van der Waals surface area (Å²) in [5.74, 6) is 1.93. The lowest BCUT2D eigenvalue weighted by Gasteiger charge is -2.39. The zero-order valence-corrected chi connectivity index (χ0v) is 16.0. The molecule has 4 rings (SSSR count). The summed E-state index contributed by atoms with van der Waals surface area (Å²) in [7, 11) is 2.07. The van der Waals surface area contributed by atoms with Crippen molar-refractivity contribution in [3.63, 3.8) is 0 Å². The van der Waals surface area contributed by atoms with E-state index in [0.717, 1.165) is 56.0 Å². The molecule has 0 spiro atoms. The monoisotopic (exact) mass is 366 g/mol. The second-order valence-electron chi connectivity index (χ2n) is 7.44. The van der Waals surface area contributed by atoms with Gasteiger partial charge in [-0.15, -0.1) is 0 Å². The molecule has 1 unspecified atom stereocenters. The van der Waals surface area contributed by atoms with Gasteiger partial charge in [-0.2, -0.15) is 0 Å². The second kappa shape index (κ2) is 7.55. The van der Waals surface area contributed by atoms with Crippen LogP contribution in [0.3, 0.4) is 0 Å². The Morgan fingerprint density at radius 1 is 1.19 bits per heavy atom. The summed E-state index contributed by atoms with van der Waals surface area (Å²) >= 11 is 0. The number of fused-ring (bicyclic) bond motifs is 1. The molecule has 1 fully saturated rings. The van der Waals surface area contributed by atoms with E-state index in [1.807, 2.05) is 36.1 Å². The largest absolute Gasteiger partial charge is 0.480 e. The van der Waals surface area contributed by atoms with Crippen LogP contribution in [-0.2, 0) is 11.2 Å². The van der Waals surface area contributed by atoms with Gasteiger partial charge >= 0.3 is 0 Å². The third-order valence-electron chi connectivity index (χ3n) is 5.67. The normalized spacial score (nSPS) is 19.9. The van der Waals surface area contributed by atoms with E-state index in [1.54, 1.807) is 6.33 Å². The first-order valence-corrected chi connectivity index (χ1v) is 9.66. The molecule has 6 heteroatoms. The summed E-state index contributed by atoms with van der Waals surface area (Å²) in [6.45, 7) is 3.50. The predicted molar refractivity (Wildman–Crippen MR) is 104 cm³/mol. The highest BCUT2D eigenvalue weighted by atomic mass is 16.5. The molecular weight excluding hydrogens is 340 g/mol. The van der Waals surface area contributed by atoms with Crippen molar-refractivity contribution in [2.75, 3.05) is 25.0 Å². The number of anilines is 1. The number of rotatable bonds is 3. The number of piperidine rings is 1. The summed E-state index contributed by atoms with van der Waals surface area (Å²) in [6, 6.07) is 10.4. The van der Waals surface area contributed by atoms with E-state index in [0.29, 0.717) is 6.04 Å². The van der Waals surface area contributed by atoms with Crippen molar-refractivity contribution in [3.05, 3.63) is 47.9 Å². The van der Waals surface area contributed by atoms with Gasteiger partial charge in [-0.25, -0.2) is 9.97 Å². The number of aromatic nitrogens is 2. The van der Waals surface area contributed by atoms with Crippen LogP contribution in [0.2, 0.25) is 0 Å².